The van der Waals surface area contributed by atoms with E-state index in [4.69, 9.17) is 4.74 Å². The highest BCUT2D eigenvalue weighted by Gasteiger charge is 2.20. The van der Waals surface area contributed by atoms with Crippen molar-refractivity contribution in [1.29, 1.82) is 0 Å². The summed E-state index contributed by atoms with van der Waals surface area (Å²) in [5.41, 5.74) is 2.82. The summed E-state index contributed by atoms with van der Waals surface area (Å²) >= 11 is 1.57. The molecule has 0 saturated heterocycles. The quantitative estimate of drug-likeness (QED) is 0.649. The van der Waals surface area contributed by atoms with Crippen LogP contribution in [0.5, 0.6) is 0 Å². The number of thiophene rings is 1. The average molecular weight is 382 g/mol. The van der Waals surface area contributed by atoms with Gasteiger partial charge in [-0.3, -0.25) is 9.78 Å². The summed E-state index contributed by atoms with van der Waals surface area (Å²) in [6.07, 6.45) is 0.609. The molecule has 0 radical (unpaired) electrons. The van der Waals surface area contributed by atoms with Crippen molar-refractivity contribution in [3.05, 3.63) is 63.5 Å². The van der Waals surface area contributed by atoms with Gasteiger partial charge in [0.25, 0.3) is 5.91 Å². The van der Waals surface area contributed by atoms with Crippen LogP contribution in [0.15, 0.2) is 41.8 Å². The molecule has 0 aliphatic carbocycles. The SMILES string of the molecule is CCc1nc2ccccc2c(C)c1C(=O)OCC(=O)N[C@H](C)c1cccs1. The van der Waals surface area contributed by atoms with Crippen molar-refractivity contribution in [2.45, 2.75) is 33.2 Å². The van der Waals surface area contributed by atoms with E-state index in [-0.39, 0.29) is 18.6 Å². The fourth-order valence-electron chi connectivity index (χ4n) is 3.06. The van der Waals surface area contributed by atoms with Gasteiger partial charge in [-0.2, -0.15) is 0 Å². The molecule has 6 heteroatoms. The Kier molecular flexibility index (Phi) is 5.86. The number of para-hydroxylation sites is 1. The van der Waals surface area contributed by atoms with E-state index in [1.54, 1.807) is 11.3 Å². The summed E-state index contributed by atoms with van der Waals surface area (Å²) in [6.45, 7) is 5.42. The van der Waals surface area contributed by atoms with Crippen LogP contribution in [0.4, 0.5) is 0 Å². The molecule has 27 heavy (non-hydrogen) atoms. The van der Waals surface area contributed by atoms with Crippen LogP contribution in [0.2, 0.25) is 0 Å². The molecular weight excluding hydrogens is 360 g/mol. The number of rotatable bonds is 6. The Morgan fingerprint density at radius 1 is 1.22 bits per heavy atom. The zero-order valence-electron chi connectivity index (χ0n) is 15.6. The number of hydrogen-bond donors (Lipinski definition) is 1. The number of fused-ring (bicyclic) bond motifs is 1. The first-order valence-electron chi connectivity index (χ1n) is 8.89. The number of carbonyl (C=O) groups excluding carboxylic acids is 2. The number of benzene rings is 1. The predicted octanol–water partition coefficient (Wildman–Crippen LogP) is 4.20. The van der Waals surface area contributed by atoms with Gasteiger partial charge < -0.3 is 10.1 Å². The van der Waals surface area contributed by atoms with Gasteiger partial charge in [-0.05, 0) is 43.3 Å². The summed E-state index contributed by atoms with van der Waals surface area (Å²) in [7, 11) is 0. The molecule has 1 N–H and O–H groups in total. The Hall–Kier alpha value is -2.73. The Morgan fingerprint density at radius 3 is 2.70 bits per heavy atom. The number of aromatic nitrogens is 1. The summed E-state index contributed by atoms with van der Waals surface area (Å²) in [5, 5.41) is 5.71. The molecule has 0 fully saturated rings. The molecule has 0 bridgehead atoms. The fourth-order valence-corrected chi connectivity index (χ4v) is 3.80. The van der Waals surface area contributed by atoms with Gasteiger partial charge in [-0.1, -0.05) is 31.2 Å². The Labute approximate surface area is 162 Å². The monoisotopic (exact) mass is 382 g/mol. The summed E-state index contributed by atoms with van der Waals surface area (Å²) in [5.74, 6) is -0.838. The minimum absolute atomic E-state index is 0.119. The van der Waals surface area contributed by atoms with Crippen LogP contribution < -0.4 is 5.32 Å². The molecule has 0 spiro atoms. The molecule has 1 amide bonds. The predicted molar refractivity (Wildman–Crippen MR) is 107 cm³/mol. The number of amides is 1. The molecule has 140 valence electrons. The van der Waals surface area contributed by atoms with Gasteiger partial charge >= 0.3 is 5.97 Å². The minimum Gasteiger partial charge on any atom is -0.452 e. The number of nitrogens with one attached hydrogen (secondary N) is 1. The number of nitrogens with zero attached hydrogens (tertiary/aromatic N) is 1. The highest BCUT2D eigenvalue weighted by molar-refractivity contribution is 7.10. The third-order valence-electron chi connectivity index (χ3n) is 4.45. The van der Waals surface area contributed by atoms with Crippen LogP contribution in [-0.4, -0.2) is 23.5 Å². The lowest BCUT2D eigenvalue weighted by molar-refractivity contribution is -0.124. The van der Waals surface area contributed by atoms with Crippen molar-refractivity contribution >= 4 is 34.1 Å². The number of esters is 1. The van der Waals surface area contributed by atoms with Crippen LogP contribution >= 0.6 is 11.3 Å². The summed E-state index contributed by atoms with van der Waals surface area (Å²) in [6, 6.07) is 11.5. The van der Waals surface area contributed by atoms with Crippen LogP contribution in [0.3, 0.4) is 0 Å². The number of carbonyl (C=O) groups is 2. The van der Waals surface area contributed by atoms with Crippen LogP contribution in [0, 0.1) is 6.92 Å². The number of ether oxygens (including phenoxy) is 1. The average Bonchev–Trinajstić information content (AvgIpc) is 3.21. The first-order valence-corrected chi connectivity index (χ1v) is 9.77. The van der Waals surface area contributed by atoms with Gasteiger partial charge in [0.05, 0.1) is 22.8 Å². The molecule has 0 aliphatic rings. The maximum atomic E-state index is 12.7. The highest BCUT2D eigenvalue weighted by atomic mass is 32.1. The molecule has 0 saturated carbocycles. The maximum Gasteiger partial charge on any atom is 0.340 e. The van der Waals surface area contributed by atoms with Gasteiger partial charge in [-0.15, -0.1) is 11.3 Å². The molecule has 1 aromatic carbocycles. The summed E-state index contributed by atoms with van der Waals surface area (Å²) < 4.78 is 5.29. The number of aryl methyl sites for hydroxylation is 2. The molecule has 2 aromatic heterocycles. The van der Waals surface area contributed by atoms with Crippen molar-refractivity contribution in [2.24, 2.45) is 0 Å². The smallest absolute Gasteiger partial charge is 0.340 e. The van der Waals surface area contributed by atoms with E-state index in [1.807, 2.05) is 62.5 Å². The van der Waals surface area contributed by atoms with Crippen LogP contribution in [0.25, 0.3) is 10.9 Å². The lowest BCUT2D eigenvalue weighted by Crippen LogP contribution is -2.31. The van der Waals surface area contributed by atoms with Crippen molar-refractivity contribution in [1.82, 2.24) is 10.3 Å². The molecular formula is C21H22N2O3S. The van der Waals surface area contributed by atoms with E-state index in [1.165, 1.54) is 0 Å². The zero-order valence-corrected chi connectivity index (χ0v) is 16.4. The minimum atomic E-state index is -0.512. The maximum absolute atomic E-state index is 12.7. The third kappa shape index (κ3) is 4.17. The van der Waals surface area contributed by atoms with Crippen molar-refractivity contribution < 1.29 is 14.3 Å². The van der Waals surface area contributed by atoms with E-state index >= 15 is 0 Å². The molecule has 0 aliphatic heterocycles. The third-order valence-corrected chi connectivity index (χ3v) is 5.50. The molecule has 1 atom stereocenters. The molecule has 0 unspecified atom stereocenters. The highest BCUT2D eigenvalue weighted by Crippen LogP contribution is 2.24. The molecule has 5 nitrogen and oxygen atoms in total. The fraction of sp³-hybridized carbons (Fsp3) is 0.286. The first kappa shape index (κ1) is 19.0. The van der Waals surface area contributed by atoms with Crippen molar-refractivity contribution in [2.75, 3.05) is 6.61 Å². The topological polar surface area (TPSA) is 68.3 Å². The molecule has 3 aromatic rings. The van der Waals surface area contributed by atoms with E-state index in [2.05, 4.69) is 10.3 Å². The lowest BCUT2D eigenvalue weighted by Gasteiger charge is -2.15. The van der Waals surface area contributed by atoms with Crippen molar-refractivity contribution in [3.63, 3.8) is 0 Å². The molecule has 2 heterocycles. The van der Waals surface area contributed by atoms with Crippen molar-refractivity contribution in [3.8, 4) is 0 Å². The van der Waals surface area contributed by atoms with Gasteiger partial charge in [-0.25, -0.2) is 4.79 Å². The van der Waals surface area contributed by atoms with Crippen LogP contribution in [-0.2, 0) is 16.0 Å². The Balaban J connectivity index is 1.72. The number of hydrogen-bond acceptors (Lipinski definition) is 5. The zero-order chi connectivity index (χ0) is 19.4. The van der Waals surface area contributed by atoms with E-state index in [0.717, 1.165) is 21.3 Å². The normalized spacial score (nSPS) is 12.0. The van der Waals surface area contributed by atoms with Gasteiger partial charge in [0, 0.05) is 10.3 Å². The molecule has 3 rings (SSSR count). The standard InChI is InChI=1S/C21H22N2O3S/c1-4-16-20(13(2)15-8-5-6-9-17(15)23-16)21(25)26-12-19(24)22-14(3)18-10-7-11-27-18/h5-11,14H,4,12H2,1-3H3,(H,22,24)/t14-/m1/s1. The van der Waals surface area contributed by atoms with Gasteiger partial charge in [0.1, 0.15) is 0 Å². The lowest BCUT2D eigenvalue weighted by atomic mass is 10.0. The van der Waals surface area contributed by atoms with E-state index in [9.17, 15) is 9.59 Å². The summed E-state index contributed by atoms with van der Waals surface area (Å²) in [4.78, 5) is 30.4. The first-order chi connectivity index (χ1) is 13.0. The second-order valence-corrected chi connectivity index (χ2v) is 7.29. The number of pyridine rings is 1. The van der Waals surface area contributed by atoms with E-state index < -0.39 is 5.97 Å². The van der Waals surface area contributed by atoms with Gasteiger partial charge in [0.2, 0.25) is 0 Å². The van der Waals surface area contributed by atoms with Crippen LogP contribution in [0.1, 0.15) is 46.4 Å². The second kappa shape index (κ2) is 8.31. The Morgan fingerprint density at radius 2 is 2.00 bits per heavy atom. The van der Waals surface area contributed by atoms with Gasteiger partial charge in [0.15, 0.2) is 6.61 Å². The Bertz CT molecular complexity index is 967. The van der Waals surface area contributed by atoms with E-state index in [0.29, 0.717) is 17.7 Å². The second-order valence-electron chi connectivity index (χ2n) is 6.31. The largest absolute Gasteiger partial charge is 0.452 e.